The van der Waals surface area contributed by atoms with E-state index in [9.17, 15) is 10.1 Å². The molecule has 0 saturated carbocycles. The fourth-order valence-electron chi connectivity index (χ4n) is 6.13. The van der Waals surface area contributed by atoms with Gasteiger partial charge in [0.2, 0.25) is 0 Å². The Morgan fingerprint density at radius 2 is 1.80 bits per heavy atom. The summed E-state index contributed by atoms with van der Waals surface area (Å²) in [7, 11) is 0. The van der Waals surface area contributed by atoms with E-state index in [2.05, 4.69) is 67.0 Å². The Kier molecular flexibility index (Phi) is 7.85. The van der Waals surface area contributed by atoms with Gasteiger partial charge in [0.05, 0.1) is 22.0 Å². The molecule has 0 saturated heterocycles. The molecule has 0 radical (unpaired) electrons. The van der Waals surface area contributed by atoms with Crippen LogP contribution in [0.15, 0.2) is 87.8 Å². The highest BCUT2D eigenvalue weighted by atomic mass is 79.9. The topological polar surface area (TPSA) is 79.3 Å². The van der Waals surface area contributed by atoms with Crippen LogP contribution >= 0.6 is 15.9 Å². The molecule has 1 heterocycles. The average Bonchev–Trinajstić information content (AvgIpc) is 2.93. The normalized spacial score (nSPS) is 18.3. The van der Waals surface area contributed by atoms with Crippen molar-refractivity contribution < 1.29 is 9.53 Å². The number of aryl methyl sites for hydroxylation is 2. The highest BCUT2D eigenvalue weighted by molar-refractivity contribution is 9.10. The van der Waals surface area contributed by atoms with Crippen LogP contribution in [0.1, 0.15) is 67.3 Å². The molecular weight excluding hydrogens is 574 g/mol. The molecule has 6 heteroatoms. The number of nitrogens with two attached hydrogens (primary N) is 1. The first-order valence-electron chi connectivity index (χ1n) is 14.1. The minimum absolute atomic E-state index is 0.0728. The molecule has 1 aliphatic carbocycles. The molecular formula is C35H36BrN3O2. The molecule has 0 amide bonds. The van der Waals surface area contributed by atoms with Gasteiger partial charge in [0.1, 0.15) is 18.2 Å². The molecule has 0 spiro atoms. The number of hydrogen-bond acceptors (Lipinski definition) is 5. The number of nitrogens with zero attached hydrogens (tertiary/aromatic N) is 2. The molecule has 3 aromatic carbocycles. The highest BCUT2D eigenvalue weighted by Crippen LogP contribution is 2.51. The molecule has 1 aliphatic heterocycles. The minimum Gasteiger partial charge on any atom is -0.488 e. The first kappa shape index (κ1) is 28.7. The first-order valence-corrected chi connectivity index (χ1v) is 14.9. The number of nitriles is 1. The summed E-state index contributed by atoms with van der Waals surface area (Å²) in [6.45, 7) is 10.8. The van der Waals surface area contributed by atoms with E-state index in [1.807, 2.05) is 55.1 Å². The van der Waals surface area contributed by atoms with Crippen LogP contribution in [0, 0.1) is 30.6 Å². The summed E-state index contributed by atoms with van der Waals surface area (Å²) in [6, 6.07) is 22.6. The van der Waals surface area contributed by atoms with Gasteiger partial charge in [-0.15, -0.1) is 0 Å². The lowest BCUT2D eigenvalue weighted by Crippen LogP contribution is -2.42. The number of halogens is 1. The number of rotatable bonds is 6. The number of carbonyl (C=O) groups excluding carboxylic acids is 1. The summed E-state index contributed by atoms with van der Waals surface area (Å²) in [5.41, 5.74) is 14.7. The summed E-state index contributed by atoms with van der Waals surface area (Å²) in [5, 5.41) is 10.6. The number of carbonyl (C=O) groups is 1. The number of ketones is 1. The molecule has 1 unspecified atom stereocenters. The predicted molar refractivity (Wildman–Crippen MR) is 167 cm³/mol. The van der Waals surface area contributed by atoms with Crippen LogP contribution in [0.25, 0.3) is 0 Å². The SMILES string of the molecule is CCc1ccc(N2C(N)=C(C#N)C(c3cc(C)cc(COc4ccccc4Br)c3C)C3=C2CC(C)(C)CC3=O)cc1. The molecule has 5 nitrogen and oxygen atoms in total. The third-order valence-electron chi connectivity index (χ3n) is 8.21. The van der Waals surface area contributed by atoms with Crippen molar-refractivity contribution in [1.29, 1.82) is 5.26 Å². The molecule has 3 aromatic rings. The van der Waals surface area contributed by atoms with Crippen LogP contribution in [0.2, 0.25) is 0 Å². The molecule has 0 fully saturated rings. The highest BCUT2D eigenvalue weighted by Gasteiger charge is 2.45. The predicted octanol–water partition coefficient (Wildman–Crippen LogP) is 8.15. The Balaban J connectivity index is 1.67. The van der Waals surface area contributed by atoms with Gasteiger partial charge in [-0.05, 0) is 94.6 Å². The van der Waals surface area contributed by atoms with Crippen molar-refractivity contribution in [3.63, 3.8) is 0 Å². The van der Waals surface area contributed by atoms with E-state index in [1.54, 1.807) is 0 Å². The van der Waals surface area contributed by atoms with Crippen molar-refractivity contribution in [2.24, 2.45) is 11.1 Å². The molecule has 0 bridgehead atoms. The second-order valence-corrected chi connectivity index (χ2v) is 12.7. The molecule has 2 aliphatic rings. The maximum atomic E-state index is 14.0. The van der Waals surface area contributed by atoms with Gasteiger partial charge in [0.25, 0.3) is 0 Å². The number of allylic oxidation sites excluding steroid dienone is 3. The van der Waals surface area contributed by atoms with Gasteiger partial charge >= 0.3 is 0 Å². The number of ether oxygens (including phenoxy) is 1. The van der Waals surface area contributed by atoms with Gasteiger partial charge in [-0.3, -0.25) is 9.69 Å². The lowest BCUT2D eigenvalue weighted by molar-refractivity contribution is -0.118. The van der Waals surface area contributed by atoms with E-state index in [0.717, 1.165) is 50.3 Å². The fourth-order valence-corrected chi connectivity index (χ4v) is 6.53. The van der Waals surface area contributed by atoms with Gasteiger partial charge in [0, 0.05) is 23.4 Å². The van der Waals surface area contributed by atoms with E-state index < -0.39 is 5.92 Å². The molecule has 1 atom stereocenters. The van der Waals surface area contributed by atoms with Crippen LogP contribution in [0.5, 0.6) is 5.75 Å². The van der Waals surface area contributed by atoms with Crippen LogP contribution in [-0.2, 0) is 17.8 Å². The zero-order chi connectivity index (χ0) is 29.5. The van der Waals surface area contributed by atoms with Gasteiger partial charge in [-0.1, -0.05) is 62.7 Å². The van der Waals surface area contributed by atoms with Gasteiger partial charge in [-0.2, -0.15) is 5.26 Å². The summed E-state index contributed by atoms with van der Waals surface area (Å²) < 4.78 is 7.07. The Labute approximate surface area is 251 Å². The summed E-state index contributed by atoms with van der Waals surface area (Å²) in [4.78, 5) is 16.0. The van der Waals surface area contributed by atoms with E-state index in [-0.39, 0.29) is 11.2 Å². The van der Waals surface area contributed by atoms with E-state index >= 15 is 0 Å². The molecule has 2 N–H and O–H groups in total. The molecule has 0 aromatic heterocycles. The summed E-state index contributed by atoms with van der Waals surface area (Å²) >= 11 is 3.56. The van der Waals surface area contributed by atoms with Gasteiger partial charge in [0.15, 0.2) is 5.78 Å². The minimum atomic E-state index is -0.535. The second kappa shape index (κ2) is 11.2. The van der Waals surface area contributed by atoms with Gasteiger partial charge in [-0.25, -0.2) is 0 Å². The first-order chi connectivity index (χ1) is 19.5. The van der Waals surface area contributed by atoms with Crippen molar-refractivity contribution in [1.82, 2.24) is 0 Å². The van der Waals surface area contributed by atoms with E-state index in [0.29, 0.717) is 36.4 Å². The Hall–Kier alpha value is -3.82. The standard InChI is InChI=1S/C35H36BrN3O2/c1-6-23-11-13-25(14-12-23)39-29-17-35(4,5)18-30(40)33(29)32(27(19-37)34(39)38)26-16-21(2)15-24(22(26)3)20-41-31-10-8-7-9-28(31)36/h7-16,32H,6,17-18,20,38H2,1-5H3. The average molecular weight is 611 g/mol. The zero-order valence-corrected chi connectivity index (χ0v) is 25.9. The molecule has 5 rings (SSSR count). The number of hydrogen-bond donors (Lipinski definition) is 1. The number of benzene rings is 3. The lowest BCUT2D eigenvalue weighted by Gasteiger charge is -2.44. The van der Waals surface area contributed by atoms with Crippen molar-refractivity contribution in [2.45, 2.75) is 66.4 Å². The van der Waals surface area contributed by atoms with Crippen molar-refractivity contribution >= 4 is 27.4 Å². The van der Waals surface area contributed by atoms with Crippen molar-refractivity contribution in [3.8, 4) is 11.8 Å². The van der Waals surface area contributed by atoms with Crippen LogP contribution in [0.4, 0.5) is 5.69 Å². The Morgan fingerprint density at radius 3 is 2.46 bits per heavy atom. The van der Waals surface area contributed by atoms with Crippen molar-refractivity contribution in [2.75, 3.05) is 4.90 Å². The summed E-state index contributed by atoms with van der Waals surface area (Å²) in [6.07, 6.45) is 2.03. The van der Waals surface area contributed by atoms with Crippen molar-refractivity contribution in [3.05, 3.63) is 116 Å². The molecule has 210 valence electrons. The monoisotopic (exact) mass is 609 g/mol. The smallest absolute Gasteiger partial charge is 0.162 e. The maximum absolute atomic E-state index is 14.0. The number of para-hydroxylation sites is 1. The van der Waals surface area contributed by atoms with Gasteiger partial charge < -0.3 is 10.5 Å². The fraction of sp³-hybridized carbons (Fsp3) is 0.314. The van der Waals surface area contributed by atoms with E-state index in [1.165, 1.54) is 5.56 Å². The largest absolute Gasteiger partial charge is 0.488 e. The molecule has 41 heavy (non-hydrogen) atoms. The third kappa shape index (κ3) is 5.44. The van der Waals surface area contributed by atoms with E-state index in [4.69, 9.17) is 10.5 Å². The third-order valence-corrected chi connectivity index (χ3v) is 8.87. The number of Topliss-reactive ketones (excluding diaryl/α,β-unsaturated/α-hetero) is 1. The Morgan fingerprint density at radius 1 is 1.10 bits per heavy atom. The lowest BCUT2D eigenvalue weighted by atomic mass is 9.68. The zero-order valence-electron chi connectivity index (χ0n) is 24.3. The van der Waals surface area contributed by atoms with Crippen LogP contribution < -0.4 is 15.4 Å². The quantitative estimate of drug-likeness (QED) is 0.305. The van der Waals surface area contributed by atoms with Crippen LogP contribution in [-0.4, -0.2) is 5.78 Å². The van der Waals surface area contributed by atoms with Crippen LogP contribution in [0.3, 0.4) is 0 Å². The number of anilines is 1. The maximum Gasteiger partial charge on any atom is 0.162 e. The Bertz CT molecular complexity index is 1630. The second-order valence-electron chi connectivity index (χ2n) is 11.9. The summed E-state index contributed by atoms with van der Waals surface area (Å²) in [5.74, 6) is 0.683.